The molecular formula is C10H20O3. The van der Waals surface area contributed by atoms with Gasteiger partial charge < -0.3 is 9.84 Å². The molecule has 0 amide bonds. The van der Waals surface area contributed by atoms with Gasteiger partial charge in [0.15, 0.2) is 5.60 Å². The van der Waals surface area contributed by atoms with E-state index in [1.54, 1.807) is 13.8 Å². The molecule has 0 saturated heterocycles. The topological polar surface area (TPSA) is 46.5 Å². The Balaban J connectivity index is 4.16. The largest absolute Gasteiger partial charge is 0.464 e. The van der Waals surface area contributed by atoms with Gasteiger partial charge >= 0.3 is 5.97 Å². The minimum absolute atomic E-state index is 0.327. The predicted octanol–water partition coefficient (Wildman–Crippen LogP) is 1.88. The van der Waals surface area contributed by atoms with Crippen LogP contribution in [0.4, 0.5) is 0 Å². The Kier molecular flexibility index (Phi) is 5.71. The fourth-order valence-electron chi connectivity index (χ4n) is 1.16. The zero-order valence-electron chi connectivity index (χ0n) is 8.80. The van der Waals surface area contributed by atoms with Gasteiger partial charge in [-0.25, -0.2) is 4.79 Å². The van der Waals surface area contributed by atoms with Crippen LogP contribution in [0.2, 0.25) is 0 Å². The fourth-order valence-corrected chi connectivity index (χ4v) is 1.16. The summed E-state index contributed by atoms with van der Waals surface area (Å²) >= 11 is 0. The summed E-state index contributed by atoms with van der Waals surface area (Å²) in [6.45, 7) is 5.90. The van der Waals surface area contributed by atoms with Crippen LogP contribution in [-0.4, -0.2) is 23.3 Å². The van der Waals surface area contributed by atoms with Crippen molar-refractivity contribution in [2.24, 2.45) is 0 Å². The molecule has 0 aliphatic heterocycles. The lowest BCUT2D eigenvalue weighted by molar-refractivity contribution is -0.166. The van der Waals surface area contributed by atoms with E-state index in [-0.39, 0.29) is 0 Å². The van der Waals surface area contributed by atoms with E-state index in [4.69, 9.17) is 4.74 Å². The molecule has 0 aromatic carbocycles. The molecule has 0 saturated carbocycles. The first-order valence-electron chi connectivity index (χ1n) is 5.00. The third-order valence-electron chi connectivity index (χ3n) is 2.18. The summed E-state index contributed by atoms with van der Waals surface area (Å²) in [7, 11) is 0. The second-order valence-electron chi connectivity index (χ2n) is 3.21. The van der Waals surface area contributed by atoms with E-state index in [0.29, 0.717) is 19.4 Å². The molecule has 0 spiro atoms. The highest BCUT2D eigenvalue weighted by atomic mass is 16.5. The Labute approximate surface area is 80.1 Å². The smallest absolute Gasteiger partial charge is 0.338 e. The molecule has 1 atom stereocenters. The van der Waals surface area contributed by atoms with Crippen LogP contribution in [0.15, 0.2) is 0 Å². The number of esters is 1. The predicted molar refractivity (Wildman–Crippen MR) is 51.4 cm³/mol. The number of carbonyl (C=O) groups excluding carboxylic acids is 1. The number of ether oxygens (including phenoxy) is 1. The minimum atomic E-state index is -1.26. The van der Waals surface area contributed by atoms with Crippen LogP contribution in [-0.2, 0) is 9.53 Å². The number of carbonyl (C=O) groups is 1. The van der Waals surface area contributed by atoms with E-state index in [1.807, 2.05) is 6.92 Å². The lowest BCUT2D eigenvalue weighted by Crippen LogP contribution is -2.39. The summed E-state index contributed by atoms with van der Waals surface area (Å²) in [5.41, 5.74) is -1.26. The van der Waals surface area contributed by atoms with E-state index >= 15 is 0 Å². The van der Waals surface area contributed by atoms with Gasteiger partial charge in [-0.1, -0.05) is 26.7 Å². The van der Waals surface area contributed by atoms with Crippen LogP contribution >= 0.6 is 0 Å². The van der Waals surface area contributed by atoms with Crippen molar-refractivity contribution in [2.75, 3.05) is 6.61 Å². The van der Waals surface area contributed by atoms with Crippen LogP contribution in [0.25, 0.3) is 0 Å². The zero-order chi connectivity index (χ0) is 10.3. The molecule has 0 rings (SSSR count). The summed E-state index contributed by atoms with van der Waals surface area (Å²) < 4.78 is 4.81. The van der Waals surface area contributed by atoms with Gasteiger partial charge in [0, 0.05) is 0 Å². The van der Waals surface area contributed by atoms with E-state index in [2.05, 4.69) is 0 Å². The van der Waals surface area contributed by atoms with Gasteiger partial charge in [0.2, 0.25) is 0 Å². The highest BCUT2D eigenvalue weighted by Crippen LogP contribution is 2.20. The second-order valence-corrected chi connectivity index (χ2v) is 3.21. The van der Waals surface area contributed by atoms with Gasteiger partial charge in [-0.05, 0) is 19.8 Å². The molecule has 3 heteroatoms. The Hall–Kier alpha value is -0.570. The van der Waals surface area contributed by atoms with Crippen molar-refractivity contribution < 1.29 is 14.6 Å². The summed E-state index contributed by atoms with van der Waals surface area (Å²) in [5, 5.41) is 9.88. The maximum Gasteiger partial charge on any atom is 0.338 e. The summed E-state index contributed by atoms with van der Waals surface area (Å²) in [6, 6.07) is 0. The lowest BCUT2D eigenvalue weighted by Gasteiger charge is -2.23. The normalized spacial score (nSPS) is 15.1. The maximum atomic E-state index is 11.3. The molecular weight excluding hydrogens is 168 g/mol. The summed E-state index contributed by atoms with van der Waals surface area (Å²) in [4.78, 5) is 11.3. The molecule has 13 heavy (non-hydrogen) atoms. The van der Waals surface area contributed by atoms with Crippen LogP contribution in [0.1, 0.15) is 46.5 Å². The first-order chi connectivity index (χ1) is 6.10. The first kappa shape index (κ1) is 12.4. The van der Waals surface area contributed by atoms with E-state index in [0.717, 1.165) is 12.8 Å². The third-order valence-corrected chi connectivity index (χ3v) is 2.18. The molecule has 0 fully saturated rings. The Morgan fingerprint density at radius 2 is 2.00 bits per heavy atom. The SMILES string of the molecule is CCCCC(O)(CC)C(=O)OCC. The molecule has 0 aliphatic carbocycles. The number of hydrogen-bond acceptors (Lipinski definition) is 3. The lowest BCUT2D eigenvalue weighted by atomic mass is 9.94. The van der Waals surface area contributed by atoms with E-state index in [1.165, 1.54) is 0 Å². The Bertz CT molecular complexity index is 156. The average molecular weight is 188 g/mol. The van der Waals surface area contributed by atoms with Gasteiger partial charge in [0.25, 0.3) is 0 Å². The van der Waals surface area contributed by atoms with Crippen molar-refractivity contribution >= 4 is 5.97 Å². The molecule has 0 aromatic rings. The fraction of sp³-hybridized carbons (Fsp3) is 0.900. The summed E-state index contributed by atoms with van der Waals surface area (Å²) in [6.07, 6.45) is 2.75. The number of unbranched alkanes of at least 4 members (excludes halogenated alkanes) is 1. The molecule has 0 aromatic heterocycles. The van der Waals surface area contributed by atoms with Crippen molar-refractivity contribution in [3.63, 3.8) is 0 Å². The van der Waals surface area contributed by atoms with Crippen molar-refractivity contribution in [1.29, 1.82) is 0 Å². The van der Waals surface area contributed by atoms with Crippen molar-refractivity contribution in [1.82, 2.24) is 0 Å². The van der Waals surface area contributed by atoms with Gasteiger partial charge in [0.05, 0.1) is 6.61 Å². The Morgan fingerprint density at radius 3 is 2.38 bits per heavy atom. The van der Waals surface area contributed by atoms with E-state index < -0.39 is 11.6 Å². The number of aliphatic hydroxyl groups is 1. The molecule has 0 aliphatic rings. The molecule has 3 nitrogen and oxygen atoms in total. The van der Waals surface area contributed by atoms with E-state index in [9.17, 15) is 9.90 Å². The highest BCUT2D eigenvalue weighted by molar-refractivity contribution is 5.79. The molecule has 0 radical (unpaired) electrons. The standard InChI is InChI=1S/C10H20O3/c1-4-7-8-10(12,5-2)9(11)13-6-3/h12H,4-8H2,1-3H3. The molecule has 1 N–H and O–H groups in total. The zero-order valence-corrected chi connectivity index (χ0v) is 8.80. The van der Waals surface area contributed by atoms with Crippen molar-refractivity contribution in [3.8, 4) is 0 Å². The third kappa shape index (κ3) is 3.77. The van der Waals surface area contributed by atoms with Crippen LogP contribution in [0.5, 0.6) is 0 Å². The molecule has 1 unspecified atom stereocenters. The Morgan fingerprint density at radius 1 is 1.38 bits per heavy atom. The van der Waals surface area contributed by atoms with Crippen LogP contribution in [0, 0.1) is 0 Å². The van der Waals surface area contributed by atoms with Gasteiger partial charge in [0.1, 0.15) is 0 Å². The number of rotatable bonds is 6. The van der Waals surface area contributed by atoms with Crippen LogP contribution in [0.3, 0.4) is 0 Å². The molecule has 78 valence electrons. The second kappa shape index (κ2) is 5.97. The molecule has 0 bridgehead atoms. The van der Waals surface area contributed by atoms with Gasteiger partial charge in [-0.2, -0.15) is 0 Å². The summed E-state index contributed by atoms with van der Waals surface area (Å²) in [5.74, 6) is -0.481. The van der Waals surface area contributed by atoms with Crippen molar-refractivity contribution in [2.45, 2.75) is 52.1 Å². The van der Waals surface area contributed by atoms with Gasteiger partial charge in [-0.3, -0.25) is 0 Å². The average Bonchev–Trinajstić information content (AvgIpc) is 2.14. The maximum absolute atomic E-state index is 11.3. The quantitative estimate of drug-likeness (QED) is 0.647. The minimum Gasteiger partial charge on any atom is -0.464 e. The van der Waals surface area contributed by atoms with Gasteiger partial charge in [-0.15, -0.1) is 0 Å². The highest BCUT2D eigenvalue weighted by Gasteiger charge is 2.34. The molecule has 0 heterocycles. The number of hydrogen-bond donors (Lipinski definition) is 1. The van der Waals surface area contributed by atoms with Crippen molar-refractivity contribution in [3.05, 3.63) is 0 Å². The first-order valence-corrected chi connectivity index (χ1v) is 5.00. The monoisotopic (exact) mass is 188 g/mol. The van der Waals surface area contributed by atoms with Crippen LogP contribution < -0.4 is 0 Å².